The number of ether oxygens (including phenoxy) is 1. The summed E-state index contributed by atoms with van der Waals surface area (Å²) in [6, 6.07) is 9.44. The second-order valence-corrected chi connectivity index (χ2v) is 5.13. The van der Waals surface area contributed by atoms with Crippen LogP contribution < -0.4 is 11.1 Å². The third-order valence-corrected chi connectivity index (χ3v) is 3.38. The van der Waals surface area contributed by atoms with E-state index in [1.54, 1.807) is 7.11 Å². The average molecular weight is 328 g/mol. The molecular weight excluding hydrogens is 308 g/mol. The van der Waals surface area contributed by atoms with Crippen LogP contribution in [-0.4, -0.2) is 42.0 Å². The van der Waals surface area contributed by atoms with E-state index in [1.165, 1.54) is 6.20 Å². The molecule has 1 aromatic heterocycles. The highest BCUT2D eigenvalue weighted by molar-refractivity contribution is 5.93. The van der Waals surface area contributed by atoms with Gasteiger partial charge in [0.15, 0.2) is 5.82 Å². The Balaban J connectivity index is 2.11. The summed E-state index contributed by atoms with van der Waals surface area (Å²) in [4.78, 5) is 31.8. The number of methoxy groups -OCH3 is 1. The number of nitrogens with zero attached hydrogens (tertiary/aromatic N) is 2. The Hall–Kier alpha value is -2.80. The Labute approximate surface area is 140 Å². The van der Waals surface area contributed by atoms with Crippen molar-refractivity contribution >= 4 is 11.8 Å². The van der Waals surface area contributed by atoms with Crippen molar-refractivity contribution in [3.05, 3.63) is 47.8 Å². The van der Waals surface area contributed by atoms with E-state index in [1.807, 2.05) is 30.3 Å². The zero-order valence-electron chi connectivity index (χ0n) is 13.5. The van der Waals surface area contributed by atoms with Gasteiger partial charge in [-0.15, -0.1) is 0 Å². The summed E-state index contributed by atoms with van der Waals surface area (Å²) >= 11 is 0. The molecule has 1 aromatic carbocycles. The van der Waals surface area contributed by atoms with Gasteiger partial charge in [-0.2, -0.15) is 0 Å². The minimum absolute atomic E-state index is 0.116. The summed E-state index contributed by atoms with van der Waals surface area (Å²) in [5, 5.41) is 2.76. The van der Waals surface area contributed by atoms with Crippen LogP contribution in [0.4, 0.5) is 0 Å². The number of carbonyl (C=O) groups is 2. The minimum Gasteiger partial charge on any atom is -0.384 e. The van der Waals surface area contributed by atoms with Crippen LogP contribution in [0, 0.1) is 0 Å². The van der Waals surface area contributed by atoms with Crippen LogP contribution in [0.1, 0.15) is 22.5 Å². The van der Waals surface area contributed by atoms with Crippen LogP contribution >= 0.6 is 0 Å². The summed E-state index contributed by atoms with van der Waals surface area (Å²) in [5.41, 5.74) is 7.01. The van der Waals surface area contributed by atoms with Gasteiger partial charge in [-0.3, -0.25) is 9.59 Å². The van der Waals surface area contributed by atoms with Crippen LogP contribution in [0.3, 0.4) is 0 Å². The first-order valence-electron chi connectivity index (χ1n) is 7.58. The molecule has 0 fully saturated rings. The van der Waals surface area contributed by atoms with E-state index >= 15 is 0 Å². The number of primary amides is 1. The zero-order chi connectivity index (χ0) is 17.4. The first kappa shape index (κ1) is 17.6. The van der Waals surface area contributed by atoms with Crippen molar-refractivity contribution < 1.29 is 14.3 Å². The summed E-state index contributed by atoms with van der Waals surface area (Å²) in [6.07, 6.45) is 2.11. The van der Waals surface area contributed by atoms with Crippen molar-refractivity contribution in [2.24, 2.45) is 5.73 Å². The predicted molar refractivity (Wildman–Crippen MR) is 89.2 cm³/mol. The molecule has 0 saturated carbocycles. The van der Waals surface area contributed by atoms with Gasteiger partial charge in [0.05, 0.1) is 17.9 Å². The van der Waals surface area contributed by atoms with Crippen molar-refractivity contribution in [1.82, 2.24) is 15.3 Å². The van der Waals surface area contributed by atoms with E-state index in [0.29, 0.717) is 31.1 Å². The highest BCUT2D eigenvalue weighted by Gasteiger charge is 2.13. The normalized spacial score (nSPS) is 10.4. The first-order chi connectivity index (χ1) is 11.6. The molecule has 0 aliphatic rings. The third-order valence-electron chi connectivity index (χ3n) is 3.38. The van der Waals surface area contributed by atoms with E-state index in [2.05, 4.69) is 15.3 Å². The highest BCUT2D eigenvalue weighted by atomic mass is 16.5. The van der Waals surface area contributed by atoms with Crippen LogP contribution in [0.15, 0.2) is 36.5 Å². The largest absolute Gasteiger partial charge is 0.384 e. The summed E-state index contributed by atoms with van der Waals surface area (Å²) in [7, 11) is 1.54. The predicted octanol–water partition coefficient (Wildman–Crippen LogP) is 0.938. The topological polar surface area (TPSA) is 107 Å². The van der Waals surface area contributed by atoms with Crippen molar-refractivity contribution in [2.75, 3.05) is 20.3 Å². The quantitative estimate of drug-likeness (QED) is 0.750. The number of hydrogen-bond acceptors (Lipinski definition) is 5. The molecule has 7 nitrogen and oxygen atoms in total. The van der Waals surface area contributed by atoms with Gasteiger partial charge in [0.1, 0.15) is 0 Å². The number of nitrogens with one attached hydrogen (secondary N) is 1. The minimum atomic E-state index is -0.588. The van der Waals surface area contributed by atoms with Gasteiger partial charge in [-0.05, 0) is 0 Å². The molecule has 3 N–H and O–H groups in total. The van der Waals surface area contributed by atoms with Gasteiger partial charge in [0.25, 0.3) is 5.91 Å². The molecule has 0 aliphatic carbocycles. The maximum absolute atomic E-state index is 11.6. The molecule has 0 aliphatic heterocycles. The third kappa shape index (κ3) is 4.85. The Bertz CT molecular complexity index is 704. The van der Waals surface area contributed by atoms with Crippen LogP contribution in [0.25, 0.3) is 11.4 Å². The van der Waals surface area contributed by atoms with Gasteiger partial charge in [0.2, 0.25) is 5.91 Å². The molecule has 1 heterocycles. The molecule has 7 heteroatoms. The number of benzene rings is 1. The molecule has 0 bridgehead atoms. The number of amides is 2. The number of hydrogen-bond donors (Lipinski definition) is 2. The smallest absolute Gasteiger partial charge is 0.252 e. The van der Waals surface area contributed by atoms with E-state index in [4.69, 9.17) is 10.5 Å². The van der Waals surface area contributed by atoms with Gasteiger partial charge < -0.3 is 15.8 Å². The Morgan fingerprint density at radius 3 is 2.67 bits per heavy atom. The molecule has 0 atom stereocenters. The fraction of sp³-hybridized carbons (Fsp3) is 0.294. The molecule has 0 unspecified atom stereocenters. The van der Waals surface area contributed by atoms with Crippen LogP contribution in [0.2, 0.25) is 0 Å². The van der Waals surface area contributed by atoms with E-state index in [0.717, 1.165) is 5.56 Å². The lowest BCUT2D eigenvalue weighted by molar-refractivity contribution is -0.121. The van der Waals surface area contributed by atoms with Crippen molar-refractivity contribution in [2.45, 2.75) is 12.8 Å². The Morgan fingerprint density at radius 2 is 2.00 bits per heavy atom. The molecule has 0 radical (unpaired) electrons. The lowest BCUT2D eigenvalue weighted by atomic mass is 10.1. The highest BCUT2D eigenvalue weighted by Crippen LogP contribution is 2.16. The van der Waals surface area contributed by atoms with Crippen molar-refractivity contribution in [3.8, 4) is 11.4 Å². The first-order valence-corrected chi connectivity index (χ1v) is 7.58. The van der Waals surface area contributed by atoms with Crippen LogP contribution in [-0.2, 0) is 16.0 Å². The maximum atomic E-state index is 11.6. The van der Waals surface area contributed by atoms with Crippen molar-refractivity contribution in [3.63, 3.8) is 0 Å². The number of carbonyl (C=O) groups excluding carboxylic acids is 2. The van der Waals surface area contributed by atoms with Gasteiger partial charge in [0, 0.05) is 38.3 Å². The molecule has 2 aromatic rings. The number of rotatable bonds is 8. The standard InChI is InChI=1S/C17H20N4O3/c1-24-10-8-15(22)19-9-7-14-13(16(18)23)11-20-17(21-14)12-5-3-2-4-6-12/h2-6,11H,7-10H2,1H3,(H2,18,23)(H,19,22). The summed E-state index contributed by atoms with van der Waals surface area (Å²) < 4.78 is 4.85. The van der Waals surface area contributed by atoms with E-state index in [-0.39, 0.29) is 17.9 Å². The fourth-order valence-corrected chi connectivity index (χ4v) is 2.14. The summed E-state index contributed by atoms with van der Waals surface area (Å²) in [6.45, 7) is 0.720. The Kier molecular flexibility index (Phi) is 6.39. The second kappa shape index (κ2) is 8.73. The van der Waals surface area contributed by atoms with Crippen LogP contribution in [0.5, 0.6) is 0 Å². The lowest BCUT2D eigenvalue weighted by Crippen LogP contribution is -2.27. The summed E-state index contributed by atoms with van der Waals surface area (Å²) in [5.74, 6) is -0.188. The van der Waals surface area contributed by atoms with Crippen molar-refractivity contribution in [1.29, 1.82) is 0 Å². The second-order valence-electron chi connectivity index (χ2n) is 5.13. The monoisotopic (exact) mass is 328 g/mol. The molecule has 2 rings (SSSR count). The molecule has 126 valence electrons. The zero-order valence-corrected chi connectivity index (χ0v) is 13.5. The molecule has 24 heavy (non-hydrogen) atoms. The fourth-order valence-electron chi connectivity index (χ4n) is 2.14. The molecule has 0 saturated heterocycles. The van der Waals surface area contributed by atoms with Gasteiger partial charge >= 0.3 is 0 Å². The van der Waals surface area contributed by atoms with E-state index in [9.17, 15) is 9.59 Å². The molecule has 0 spiro atoms. The lowest BCUT2D eigenvalue weighted by Gasteiger charge is -2.09. The average Bonchev–Trinajstić information content (AvgIpc) is 2.60. The number of aromatic nitrogens is 2. The number of nitrogens with two attached hydrogens (primary N) is 1. The molecular formula is C17H20N4O3. The van der Waals surface area contributed by atoms with E-state index < -0.39 is 5.91 Å². The maximum Gasteiger partial charge on any atom is 0.252 e. The van der Waals surface area contributed by atoms with Gasteiger partial charge in [-0.25, -0.2) is 9.97 Å². The SMILES string of the molecule is COCCC(=O)NCCc1nc(-c2ccccc2)ncc1C(N)=O. The Morgan fingerprint density at radius 1 is 1.25 bits per heavy atom. The van der Waals surface area contributed by atoms with Gasteiger partial charge in [-0.1, -0.05) is 30.3 Å². The molecule has 2 amide bonds.